The molecule has 4 heteroatoms. The number of ether oxygens (including phenoxy) is 1. The maximum Gasteiger partial charge on any atom is 0.153 e. The second-order valence-electron chi connectivity index (χ2n) is 3.79. The molecular formula is C13H17FO3. The van der Waals surface area contributed by atoms with Gasteiger partial charge in [-0.05, 0) is 37.5 Å². The number of benzene rings is 1. The second-order valence-corrected chi connectivity index (χ2v) is 3.79. The lowest BCUT2D eigenvalue weighted by Crippen LogP contribution is -2.00. The lowest BCUT2D eigenvalue weighted by Gasteiger charge is -2.08. The van der Waals surface area contributed by atoms with E-state index in [0.29, 0.717) is 18.6 Å². The summed E-state index contributed by atoms with van der Waals surface area (Å²) in [7, 11) is 0. The topological polar surface area (TPSA) is 46.5 Å². The smallest absolute Gasteiger partial charge is 0.153 e. The van der Waals surface area contributed by atoms with E-state index < -0.39 is 5.82 Å². The number of aliphatic hydroxyl groups is 1. The molecule has 0 aliphatic rings. The van der Waals surface area contributed by atoms with Crippen molar-refractivity contribution in [2.45, 2.75) is 25.7 Å². The lowest BCUT2D eigenvalue weighted by atomic mass is 10.2. The third-order valence-electron chi connectivity index (χ3n) is 2.41. The number of aldehydes is 1. The van der Waals surface area contributed by atoms with Gasteiger partial charge in [0.1, 0.15) is 11.6 Å². The van der Waals surface area contributed by atoms with Gasteiger partial charge in [0, 0.05) is 6.61 Å². The van der Waals surface area contributed by atoms with Crippen LogP contribution in [0.3, 0.4) is 0 Å². The van der Waals surface area contributed by atoms with Crippen molar-refractivity contribution in [3.63, 3.8) is 0 Å². The van der Waals surface area contributed by atoms with Gasteiger partial charge < -0.3 is 9.84 Å². The van der Waals surface area contributed by atoms with Crippen LogP contribution in [-0.4, -0.2) is 24.6 Å². The summed E-state index contributed by atoms with van der Waals surface area (Å²) in [4.78, 5) is 10.7. The molecule has 94 valence electrons. The minimum atomic E-state index is -0.442. The Morgan fingerprint density at radius 1 is 1.24 bits per heavy atom. The summed E-state index contributed by atoms with van der Waals surface area (Å²) in [5, 5.41) is 8.59. The highest BCUT2D eigenvalue weighted by atomic mass is 19.1. The van der Waals surface area contributed by atoms with Crippen molar-refractivity contribution in [1.82, 2.24) is 0 Å². The Hall–Kier alpha value is -1.42. The number of hydrogen-bond donors (Lipinski definition) is 1. The molecule has 0 unspecified atom stereocenters. The maximum atomic E-state index is 12.8. The summed E-state index contributed by atoms with van der Waals surface area (Å²) in [5.74, 6) is -0.0223. The van der Waals surface area contributed by atoms with Crippen molar-refractivity contribution in [3.8, 4) is 5.75 Å². The Bertz CT molecular complexity index is 353. The van der Waals surface area contributed by atoms with E-state index in [4.69, 9.17) is 9.84 Å². The van der Waals surface area contributed by atoms with Crippen molar-refractivity contribution in [1.29, 1.82) is 0 Å². The zero-order valence-electron chi connectivity index (χ0n) is 9.69. The molecule has 0 aliphatic carbocycles. The van der Waals surface area contributed by atoms with Crippen molar-refractivity contribution in [3.05, 3.63) is 29.6 Å². The average Bonchev–Trinajstić information content (AvgIpc) is 2.35. The number of aliphatic hydroxyl groups excluding tert-OH is 1. The SMILES string of the molecule is O=Cc1cc(F)ccc1OCCCCCCO. The predicted octanol–water partition coefficient (Wildman–Crippen LogP) is 2.57. The van der Waals surface area contributed by atoms with Gasteiger partial charge >= 0.3 is 0 Å². The fraction of sp³-hybridized carbons (Fsp3) is 0.462. The largest absolute Gasteiger partial charge is 0.493 e. The molecule has 0 amide bonds. The minimum Gasteiger partial charge on any atom is -0.493 e. The molecule has 1 aromatic rings. The van der Waals surface area contributed by atoms with Crippen molar-refractivity contribution in [2.75, 3.05) is 13.2 Å². The van der Waals surface area contributed by atoms with Crippen LogP contribution in [0.15, 0.2) is 18.2 Å². The van der Waals surface area contributed by atoms with Crippen molar-refractivity contribution < 1.29 is 19.0 Å². The number of hydrogen-bond acceptors (Lipinski definition) is 3. The van der Waals surface area contributed by atoms with Gasteiger partial charge in [-0.2, -0.15) is 0 Å². The number of rotatable bonds is 8. The molecule has 0 spiro atoms. The number of carbonyl (C=O) groups is 1. The highest BCUT2D eigenvalue weighted by Gasteiger charge is 2.04. The lowest BCUT2D eigenvalue weighted by molar-refractivity contribution is 0.111. The Morgan fingerprint density at radius 3 is 2.71 bits per heavy atom. The van der Waals surface area contributed by atoms with E-state index in [1.807, 2.05) is 0 Å². The van der Waals surface area contributed by atoms with Gasteiger partial charge in [0.15, 0.2) is 6.29 Å². The summed E-state index contributed by atoms with van der Waals surface area (Å²) in [5.41, 5.74) is 0.236. The molecule has 0 heterocycles. The van der Waals surface area contributed by atoms with Crippen LogP contribution in [0.25, 0.3) is 0 Å². The van der Waals surface area contributed by atoms with E-state index in [0.717, 1.165) is 31.7 Å². The molecule has 0 radical (unpaired) electrons. The molecular weight excluding hydrogens is 223 g/mol. The van der Waals surface area contributed by atoms with Crippen LogP contribution in [-0.2, 0) is 0 Å². The Kier molecular flexibility index (Phi) is 6.25. The molecule has 1 aromatic carbocycles. The molecule has 17 heavy (non-hydrogen) atoms. The summed E-state index contributed by atoms with van der Waals surface area (Å²) in [6.45, 7) is 0.714. The normalized spacial score (nSPS) is 10.2. The average molecular weight is 240 g/mol. The standard InChI is InChI=1S/C13H17FO3/c14-12-5-6-13(11(9-12)10-16)17-8-4-2-1-3-7-15/h5-6,9-10,15H,1-4,7-8H2. The maximum absolute atomic E-state index is 12.8. The van der Waals surface area contributed by atoms with Crippen LogP contribution in [0.2, 0.25) is 0 Å². The van der Waals surface area contributed by atoms with Gasteiger partial charge in [-0.3, -0.25) is 4.79 Å². The van der Waals surface area contributed by atoms with Crippen LogP contribution in [0.5, 0.6) is 5.75 Å². The Labute approximate surface area is 100 Å². The summed E-state index contributed by atoms with van der Waals surface area (Å²) in [6.07, 6.45) is 4.18. The zero-order chi connectivity index (χ0) is 12.5. The van der Waals surface area contributed by atoms with Gasteiger partial charge in [0.2, 0.25) is 0 Å². The first-order chi connectivity index (χ1) is 8.27. The molecule has 0 aromatic heterocycles. The van der Waals surface area contributed by atoms with Crippen LogP contribution in [0.4, 0.5) is 4.39 Å². The highest BCUT2D eigenvalue weighted by molar-refractivity contribution is 5.79. The Morgan fingerprint density at radius 2 is 2.00 bits per heavy atom. The number of carbonyl (C=O) groups excluding carboxylic acids is 1. The first-order valence-corrected chi connectivity index (χ1v) is 5.76. The first-order valence-electron chi connectivity index (χ1n) is 5.76. The quantitative estimate of drug-likeness (QED) is 0.561. The monoisotopic (exact) mass is 240 g/mol. The van der Waals surface area contributed by atoms with E-state index in [9.17, 15) is 9.18 Å². The highest BCUT2D eigenvalue weighted by Crippen LogP contribution is 2.18. The fourth-order valence-electron chi connectivity index (χ4n) is 1.49. The predicted molar refractivity (Wildman–Crippen MR) is 62.8 cm³/mol. The summed E-state index contributed by atoms with van der Waals surface area (Å²) in [6, 6.07) is 3.90. The van der Waals surface area contributed by atoms with E-state index in [2.05, 4.69) is 0 Å². The molecule has 0 fully saturated rings. The van der Waals surface area contributed by atoms with Gasteiger partial charge in [-0.1, -0.05) is 6.42 Å². The van der Waals surface area contributed by atoms with Crippen LogP contribution in [0.1, 0.15) is 36.0 Å². The van der Waals surface area contributed by atoms with Gasteiger partial charge in [-0.25, -0.2) is 4.39 Å². The van der Waals surface area contributed by atoms with Gasteiger partial charge in [0.05, 0.1) is 12.2 Å². The van der Waals surface area contributed by atoms with Crippen LogP contribution in [0, 0.1) is 5.82 Å². The minimum absolute atomic E-state index is 0.216. The van der Waals surface area contributed by atoms with Gasteiger partial charge in [-0.15, -0.1) is 0 Å². The zero-order valence-corrected chi connectivity index (χ0v) is 9.69. The van der Waals surface area contributed by atoms with Crippen molar-refractivity contribution >= 4 is 6.29 Å². The molecule has 0 bridgehead atoms. The fourth-order valence-corrected chi connectivity index (χ4v) is 1.49. The number of unbranched alkanes of at least 4 members (excludes halogenated alkanes) is 3. The first kappa shape index (κ1) is 13.6. The third kappa shape index (κ3) is 4.95. The van der Waals surface area contributed by atoms with E-state index in [-0.39, 0.29) is 12.2 Å². The van der Waals surface area contributed by atoms with E-state index >= 15 is 0 Å². The van der Waals surface area contributed by atoms with E-state index in [1.54, 1.807) is 0 Å². The summed E-state index contributed by atoms with van der Waals surface area (Å²) >= 11 is 0. The molecule has 0 aliphatic heterocycles. The molecule has 0 atom stereocenters. The Balaban J connectivity index is 2.33. The van der Waals surface area contributed by atoms with Crippen LogP contribution >= 0.6 is 0 Å². The summed E-state index contributed by atoms with van der Waals surface area (Å²) < 4.78 is 18.2. The van der Waals surface area contributed by atoms with Gasteiger partial charge in [0.25, 0.3) is 0 Å². The van der Waals surface area contributed by atoms with Crippen molar-refractivity contribution in [2.24, 2.45) is 0 Å². The molecule has 0 saturated heterocycles. The molecule has 1 N–H and O–H groups in total. The molecule has 0 saturated carbocycles. The molecule has 3 nitrogen and oxygen atoms in total. The third-order valence-corrected chi connectivity index (χ3v) is 2.41. The van der Waals surface area contributed by atoms with E-state index in [1.165, 1.54) is 12.1 Å². The van der Waals surface area contributed by atoms with Crippen LogP contribution < -0.4 is 4.74 Å². The molecule has 1 rings (SSSR count). The number of halogens is 1. The second kappa shape index (κ2) is 7.79.